The van der Waals surface area contributed by atoms with E-state index in [1.807, 2.05) is 37.3 Å². The summed E-state index contributed by atoms with van der Waals surface area (Å²) in [7, 11) is 1.35. The zero-order chi connectivity index (χ0) is 22.2. The molecule has 0 unspecified atom stereocenters. The van der Waals surface area contributed by atoms with Gasteiger partial charge in [0.2, 0.25) is 0 Å². The van der Waals surface area contributed by atoms with Crippen molar-refractivity contribution in [1.82, 2.24) is 5.32 Å². The number of methoxy groups -OCH3 is 1. The summed E-state index contributed by atoms with van der Waals surface area (Å²) in [6, 6.07) is 19.1. The zero-order valence-corrected chi connectivity index (χ0v) is 18.1. The first-order chi connectivity index (χ1) is 14.9. The van der Waals surface area contributed by atoms with Crippen LogP contribution in [-0.4, -0.2) is 18.2 Å². The van der Waals surface area contributed by atoms with Crippen LogP contribution in [0.15, 0.2) is 66.7 Å². The van der Waals surface area contributed by atoms with Gasteiger partial charge in [-0.05, 0) is 72.2 Å². The van der Waals surface area contributed by atoms with E-state index in [9.17, 15) is 9.18 Å². The first-order valence-electron chi connectivity index (χ1n) is 9.64. The fourth-order valence-corrected chi connectivity index (χ4v) is 2.98. The van der Waals surface area contributed by atoms with Gasteiger partial charge in [-0.25, -0.2) is 9.18 Å². The number of rotatable bonds is 7. The van der Waals surface area contributed by atoms with Gasteiger partial charge in [-0.3, -0.25) is 0 Å². The van der Waals surface area contributed by atoms with Crippen LogP contribution < -0.4 is 15.4 Å². The van der Waals surface area contributed by atoms with Crippen molar-refractivity contribution >= 4 is 29.0 Å². The highest BCUT2D eigenvalue weighted by Crippen LogP contribution is 2.18. The van der Waals surface area contributed by atoms with E-state index < -0.39 is 5.97 Å². The molecular weight excluding hydrogens is 415 g/mol. The smallest absolute Gasteiger partial charge is 0.337 e. The number of carbonyl (C=O) groups excluding carboxylic acids is 1. The molecule has 0 radical (unpaired) electrons. The lowest BCUT2D eigenvalue weighted by atomic mass is 10.1. The van der Waals surface area contributed by atoms with E-state index >= 15 is 0 Å². The first kappa shape index (κ1) is 22.2. The van der Waals surface area contributed by atoms with Gasteiger partial charge in [-0.1, -0.05) is 30.3 Å². The molecule has 160 valence electrons. The molecule has 0 heterocycles. The molecule has 3 aromatic carbocycles. The Hall–Kier alpha value is -3.45. The molecule has 31 heavy (non-hydrogen) atoms. The summed E-state index contributed by atoms with van der Waals surface area (Å²) in [6.07, 6.45) is 0. The SMILES string of the molecule is COC(=O)c1ccc(C)c(NC(=S)NCc2ccc(OCc3ccc(F)cc3)cc2)c1. The lowest BCUT2D eigenvalue weighted by Crippen LogP contribution is -2.28. The molecule has 0 bridgehead atoms. The van der Waals surface area contributed by atoms with Gasteiger partial charge < -0.3 is 20.1 Å². The van der Waals surface area contributed by atoms with Gasteiger partial charge in [0, 0.05) is 12.2 Å². The quantitative estimate of drug-likeness (QED) is 0.401. The second kappa shape index (κ2) is 10.5. The van der Waals surface area contributed by atoms with Crippen molar-refractivity contribution < 1.29 is 18.7 Å². The fourth-order valence-electron chi connectivity index (χ4n) is 2.80. The van der Waals surface area contributed by atoms with Crippen LogP contribution >= 0.6 is 12.2 Å². The van der Waals surface area contributed by atoms with Crippen molar-refractivity contribution in [2.75, 3.05) is 12.4 Å². The Morgan fingerprint density at radius 3 is 2.35 bits per heavy atom. The molecule has 0 amide bonds. The molecule has 0 aliphatic carbocycles. The van der Waals surface area contributed by atoms with Crippen LogP contribution in [0.2, 0.25) is 0 Å². The number of nitrogens with one attached hydrogen (secondary N) is 2. The molecule has 0 spiro atoms. The van der Waals surface area contributed by atoms with Gasteiger partial charge in [-0.2, -0.15) is 0 Å². The van der Waals surface area contributed by atoms with Crippen molar-refractivity contribution in [2.45, 2.75) is 20.1 Å². The maximum absolute atomic E-state index is 13.0. The third kappa shape index (κ3) is 6.52. The Balaban J connectivity index is 1.50. The van der Waals surface area contributed by atoms with Gasteiger partial charge in [0.25, 0.3) is 0 Å². The Bertz CT molecular complexity index is 1050. The number of anilines is 1. The fraction of sp³-hybridized carbons (Fsp3) is 0.167. The topological polar surface area (TPSA) is 59.6 Å². The number of benzene rings is 3. The van der Waals surface area contributed by atoms with E-state index in [0.717, 1.165) is 28.1 Å². The van der Waals surface area contributed by atoms with E-state index in [1.54, 1.807) is 24.3 Å². The molecule has 0 atom stereocenters. The third-order valence-electron chi connectivity index (χ3n) is 4.60. The van der Waals surface area contributed by atoms with E-state index in [1.165, 1.54) is 19.2 Å². The highest BCUT2D eigenvalue weighted by atomic mass is 32.1. The lowest BCUT2D eigenvalue weighted by Gasteiger charge is -2.14. The van der Waals surface area contributed by atoms with Gasteiger partial charge in [-0.15, -0.1) is 0 Å². The van der Waals surface area contributed by atoms with E-state index in [0.29, 0.717) is 23.8 Å². The van der Waals surface area contributed by atoms with E-state index in [-0.39, 0.29) is 5.82 Å². The maximum atomic E-state index is 13.0. The summed E-state index contributed by atoms with van der Waals surface area (Å²) in [5, 5.41) is 6.71. The van der Waals surface area contributed by atoms with Crippen molar-refractivity contribution in [1.29, 1.82) is 0 Å². The molecular formula is C24H23FN2O3S. The molecule has 3 rings (SSSR count). The Morgan fingerprint density at radius 1 is 1.00 bits per heavy atom. The molecule has 2 N–H and O–H groups in total. The molecule has 3 aromatic rings. The Morgan fingerprint density at radius 2 is 1.68 bits per heavy atom. The van der Waals surface area contributed by atoms with Crippen molar-refractivity contribution in [2.24, 2.45) is 0 Å². The summed E-state index contributed by atoms with van der Waals surface area (Å²) in [5.74, 6) is 0.0621. The first-order valence-corrected chi connectivity index (χ1v) is 10.1. The number of hydrogen-bond donors (Lipinski definition) is 2. The summed E-state index contributed by atoms with van der Waals surface area (Å²) in [5.41, 5.74) is 4.08. The van der Waals surface area contributed by atoms with Gasteiger partial charge in [0.15, 0.2) is 5.11 Å². The molecule has 0 aliphatic heterocycles. The van der Waals surface area contributed by atoms with Gasteiger partial charge in [0.05, 0.1) is 12.7 Å². The predicted octanol–water partition coefficient (Wildman–Crippen LogP) is 4.99. The minimum absolute atomic E-state index is 0.265. The van der Waals surface area contributed by atoms with Crippen LogP contribution in [0.4, 0.5) is 10.1 Å². The van der Waals surface area contributed by atoms with Crippen LogP contribution in [0.3, 0.4) is 0 Å². The highest BCUT2D eigenvalue weighted by molar-refractivity contribution is 7.80. The summed E-state index contributed by atoms with van der Waals surface area (Å²) >= 11 is 5.37. The minimum atomic E-state index is -0.399. The van der Waals surface area contributed by atoms with Crippen molar-refractivity contribution in [3.8, 4) is 5.75 Å². The van der Waals surface area contributed by atoms with E-state index in [4.69, 9.17) is 21.7 Å². The average Bonchev–Trinajstić information content (AvgIpc) is 2.79. The van der Waals surface area contributed by atoms with Gasteiger partial charge in [0.1, 0.15) is 18.2 Å². The van der Waals surface area contributed by atoms with E-state index in [2.05, 4.69) is 10.6 Å². The largest absolute Gasteiger partial charge is 0.489 e. The van der Waals surface area contributed by atoms with Crippen LogP contribution in [0.25, 0.3) is 0 Å². The molecule has 7 heteroatoms. The maximum Gasteiger partial charge on any atom is 0.337 e. The molecule has 0 aromatic heterocycles. The number of ether oxygens (including phenoxy) is 2. The standard InChI is InChI=1S/C24H23FN2O3S/c1-16-3-8-19(23(28)29-2)13-22(16)27-24(31)26-14-17-6-11-21(12-7-17)30-15-18-4-9-20(25)10-5-18/h3-13H,14-15H2,1-2H3,(H2,26,27,31). The number of hydrogen-bond acceptors (Lipinski definition) is 4. The van der Waals surface area contributed by atoms with Crippen molar-refractivity contribution in [3.05, 3.63) is 94.8 Å². The predicted molar refractivity (Wildman–Crippen MR) is 123 cm³/mol. The number of thiocarbonyl (C=S) groups is 1. The summed E-state index contributed by atoms with van der Waals surface area (Å²) in [4.78, 5) is 11.7. The van der Waals surface area contributed by atoms with Crippen LogP contribution in [0.1, 0.15) is 27.0 Å². The Kier molecular flexibility index (Phi) is 7.56. The van der Waals surface area contributed by atoms with Crippen molar-refractivity contribution in [3.63, 3.8) is 0 Å². The Labute approximate surface area is 186 Å². The zero-order valence-electron chi connectivity index (χ0n) is 17.3. The second-order valence-corrected chi connectivity index (χ2v) is 7.30. The van der Waals surface area contributed by atoms with Crippen LogP contribution in [-0.2, 0) is 17.9 Å². The van der Waals surface area contributed by atoms with Crippen LogP contribution in [0, 0.1) is 12.7 Å². The highest BCUT2D eigenvalue weighted by Gasteiger charge is 2.09. The molecule has 0 saturated heterocycles. The summed E-state index contributed by atoms with van der Waals surface area (Å²) < 4.78 is 23.4. The summed E-state index contributed by atoms with van der Waals surface area (Å²) in [6.45, 7) is 2.83. The third-order valence-corrected chi connectivity index (χ3v) is 4.85. The monoisotopic (exact) mass is 438 g/mol. The number of halogens is 1. The number of aryl methyl sites for hydroxylation is 1. The van der Waals surface area contributed by atoms with Crippen LogP contribution in [0.5, 0.6) is 5.75 Å². The second-order valence-electron chi connectivity index (χ2n) is 6.89. The van der Waals surface area contributed by atoms with Gasteiger partial charge >= 0.3 is 5.97 Å². The number of esters is 1. The normalized spacial score (nSPS) is 10.3. The minimum Gasteiger partial charge on any atom is -0.489 e. The number of carbonyl (C=O) groups is 1. The average molecular weight is 439 g/mol. The molecule has 0 saturated carbocycles. The molecule has 5 nitrogen and oxygen atoms in total. The molecule has 0 aliphatic rings. The lowest BCUT2D eigenvalue weighted by molar-refractivity contribution is 0.0601. The molecule has 0 fully saturated rings.